The Morgan fingerprint density at radius 1 is 1.43 bits per heavy atom. The van der Waals surface area contributed by atoms with Crippen LogP contribution < -0.4 is 5.32 Å². The number of anilines is 1. The normalized spacial score (nSPS) is 12.9. The first-order chi connectivity index (χ1) is 9.66. The molecule has 1 atom stereocenters. The van der Waals surface area contributed by atoms with Crippen LogP contribution in [-0.4, -0.2) is 43.7 Å². The molecule has 1 aromatic carbocycles. The monoisotopic (exact) mass is 312 g/mol. The standard InChI is InChI=1S/C16H25ClN2O2/c1-11(10-16(2,3)21-6)18-14-9-12(7-8-13(14)17)15(20)19(4)5/h7-9,11,18H,10H2,1-6H3. The number of nitrogens with zero attached hydrogens (tertiary/aromatic N) is 1. The summed E-state index contributed by atoms with van der Waals surface area (Å²) in [5, 5.41) is 3.96. The van der Waals surface area contributed by atoms with Crippen LogP contribution in [0.25, 0.3) is 0 Å². The summed E-state index contributed by atoms with van der Waals surface area (Å²) < 4.78 is 5.44. The van der Waals surface area contributed by atoms with E-state index in [1.807, 2.05) is 13.8 Å². The van der Waals surface area contributed by atoms with Gasteiger partial charge in [-0.25, -0.2) is 0 Å². The molecule has 1 amide bonds. The number of hydrogen-bond donors (Lipinski definition) is 1. The Balaban J connectivity index is 2.88. The molecule has 0 heterocycles. The van der Waals surface area contributed by atoms with E-state index in [-0.39, 0.29) is 17.6 Å². The quantitative estimate of drug-likeness (QED) is 0.871. The topological polar surface area (TPSA) is 41.6 Å². The zero-order valence-corrected chi connectivity index (χ0v) is 14.4. The molecular weight excluding hydrogens is 288 g/mol. The van der Waals surface area contributed by atoms with Gasteiger partial charge in [-0.1, -0.05) is 11.6 Å². The highest BCUT2D eigenvalue weighted by Crippen LogP contribution is 2.26. The molecule has 0 aliphatic carbocycles. The molecule has 21 heavy (non-hydrogen) atoms. The van der Waals surface area contributed by atoms with Gasteiger partial charge in [0.25, 0.3) is 5.91 Å². The zero-order valence-electron chi connectivity index (χ0n) is 13.7. The lowest BCUT2D eigenvalue weighted by atomic mass is 9.99. The van der Waals surface area contributed by atoms with Crippen LogP contribution in [0.15, 0.2) is 18.2 Å². The van der Waals surface area contributed by atoms with Crippen molar-refractivity contribution < 1.29 is 9.53 Å². The first-order valence-corrected chi connectivity index (χ1v) is 7.37. The van der Waals surface area contributed by atoms with Gasteiger partial charge in [-0.2, -0.15) is 0 Å². The molecule has 0 aromatic heterocycles. The largest absolute Gasteiger partial charge is 0.381 e. The van der Waals surface area contributed by atoms with Crippen LogP contribution in [0.2, 0.25) is 5.02 Å². The van der Waals surface area contributed by atoms with Crippen LogP contribution in [0.1, 0.15) is 37.6 Å². The molecule has 4 nitrogen and oxygen atoms in total. The van der Waals surface area contributed by atoms with Crippen molar-refractivity contribution in [1.29, 1.82) is 0 Å². The summed E-state index contributed by atoms with van der Waals surface area (Å²) in [6, 6.07) is 5.44. The smallest absolute Gasteiger partial charge is 0.253 e. The molecule has 0 saturated heterocycles. The number of carbonyl (C=O) groups excluding carboxylic acids is 1. The van der Waals surface area contributed by atoms with Crippen molar-refractivity contribution >= 4 is 23.2 Å². The third-order valence-electron chi connectivity index (χ3n) is 3.37. The minimum atomic E-state index is -0.212. The van der Waals surface area contributed by atoms with Crippen molar-refractivity contribution in [3.8, 4) is 0 Å². The fourth-order valence-corrected chi connectivity index (χ4v) is 2.34. The van der Waals surface area contributed by atoms with E-state index in [2.05, 4.69) is 12.2 Å². The van der Waals surface area contributed by atoms with Gasteiger partial charge in [-0.05, 0) is 45.4 Å². The van der Waals surface area contributed by atoms with Gasteiger partial charge in [-0.3, -0.25) is 4.79 Å². The Labute approximate surface area is 132 Å². The number of hydrogen-bond acceptors (Lipinski definition) is 3. The van der Waals surface area contributed by atoms with E-state index in [9.17, 15) is 4.79 Å². The highest BCUT2D eigenvalue weighted by molar-refractivity contribution is 6.33. The van der Waals surface area contributed by atoms with E-state index >= 15 is 0 Å². The van der Waals surface area contributed by atoms with Gasteiger partial charge >= 0.3 is 0 Å². The molecule has 1 aromatic rings. The van der Waals surface area contributed by atoms with E-state index < -0.39 is 0 Å². The lowest BCUT2D eigenvalue weighted by Crippen LogP contribution is -2.31. The summed E-state index contributed by atoms with van der Waals surface area (Å²) in [6.45, 7) is 6.15. The highest BCUT2D eigenvalue weighted by atomic mass is 35.5. The minimum Gasteiger partial charge on any atom is -0.381 e. The highest BCUT2D eigenvalue weighted by Gasteiger charge is 2.21. The van der Waals surface area contributed by atoms with E-state index in [4.69, 9.17) is 16.3 Å². The maximum atomic E-state index is 12.0. The lowest BCUT2D eigenvalue weighted by Gasteiger charge is -2.28. The Bertz CT molecular complexity index is 501. The molecule has 0 aliphatic rings. The molecule has 0 bridgehead atoms. The van der Waals surface area contributed by atoms with Crippen molar-refractivity contribution in [2.75, 3.05) is 26.5 Å². The summed E-state index contributed by atoms with van der Waals surface area (Å²) >= 11 is 6.21. The second kappa shape index (κ2) is 7.14. The first kappa shape index (κ1) is 17.8. The Hall–Kier alpha value is -1.26. The maximum absolute atomic E-state index is 12.0. The van der Waals surface area contributed by atoms with Gasteiger partial charge in [0.15, 0.2) is 0 Å². The van der Waals surface area contributed by atoms with Gasteiger partial charge < -0.3 is 15.0 Å². The summed E-state index contributed by atoms with van der Waals surface area (Å²) in [5.74, 6) is -0.0420. The molecule has 1 N–H and O–H groups in total. The summed E-state index contributed by atoms with van der Waals surface area (Å²) in [4.78, 5) is 13.6. The molecule has 0 fully saturated rings. The van der Waals surface area contributed by atoms with Crippen LogP contribution in [0, 0.1) is 0 Å². The summed E-state index contributed by atoms with van der Waals surface area (Å²) in [7, 11) is 5.16. The fraction of sp³-hybridized carbons (Fsp3) is 0.562. The van der Waals surface area contributed by atoms with Crippen LogP contribution in [-0.2, 0) is 4.74 Å². The number of benzene rings is 1. The first-order valence-electron chi connectivity index (χ1n) is 6.99. The average molecular weight is 313 g/mol. The van der Waals surface area contributed by atoms with Crippen molar-refractivity contribution in [3.05, 3.63) is 28.8 Å². The SMILES string of the molecule is COC(C)(C)CC(C)Nc1cc(C(=O)N(C)C)ccc1Cl. The Morgan fingerprint density at radius 3 is 2.57 bits per heavy atom. The zero-order chi connectivity index (χ0) is 16.2. The van der Waals surface area contributed by atoms with Crippen LogP contribution in [0.4, 0.5) is 5.69 Å². The molecule has 0 radical (unpaired) electrons. The van der Waals surface area contributed by atoms with Gasteiger partial charge in [0.1, 0.15) is 0 Å². The molecule has 118 valence electrons. The molecule has 0 spiro atoms. The summed E-state index contributed by atoms with van der Waals surface area (Å²) in [6.07, 6.45) is 0.825. The number of amides is 1. The number of methoxy groups -OCH3 is 1. The van der Waals surface area contributed by atoms with Gasteiger partial charge in [0, 0.05) is 32.8 Å². The van der Waals surface area contributed by atoms with E-state index in [0.29, 0.717) is 10.6 Å². The molecule has 0 saturated carbocycles. The fourth-order valence-electron chi connectivity index (χ4n) is 2.16. The molecular formula is C16H25ClN2O2. The number of ether oxygens (including phenoxy) is 1. The predicted molar refractivity (Wildman–Crippen MR) is 88.3 cm³/mol. The third kappa shape index (κ3) is 5.21. The molecule has 0 aliphatic heterocycles. The molecule has 1 rings (SSSR count). The average Bonchev–Trinajstić information content (AvgIpc) is 2.39. The molecule has 5 heteroatoms. The summed E-state index contributed by atoms with van der Waals surface area (Å²) in [5.41, 5.74) is 1.17. The molecule has 1 unspecified atom stereocenters. The van der Waals surface area contributed by atoms with Crippen LogP contribution in [0.3, 0.4) is 0 Å². The van der Waals surface area contributed by atoms with E-state index in [0.717, 1.165) is 12.1 Å². The van der Waals surface area contributed by atoms with Crippen molar-refractivity contribution in [2.24, 2.45) is 0 Å². The second-order valence-electron chi connectivity index (χ2n) is 6.11. The number of nitrogens with one attached hydrogen (secondary N) is 1. The Morgan fingerprint density at radius 2 is 2.05 bits per heavy atom. The van der Waals surface area contributed by atoms with Gasteiger partial charge in [0.05, 0.1) is 16.3 Å². The van der Waals surface area contributed by atoms with E-state index in [1.54, 1.807) is 44.3 Å². The van der Waals surface area contributed by atoms with Crippen LogP contribution >= 0.6 is 11.6 Å². The number of halogens is 1. The van der Waals surface area contributed by atoms with Gasteiger partial charge in [-0.15, -0.1) is 0 Å². The number of rotatable bonds is 6. The minimum absolute atomic E-state index is 0.0420. The Kier molecular flexibility index (Phi) is 6.05. The number of carbonyl (C=O) groups is 1. The van der Waals surface area contributed by atoms with Crippen molar-refractivity contribution in [2.45, 2.75) is 38.8 Å². The van der Waals surface area contributed by atoms with Crippen molar-refractivity contribution in [1.82, 2.24) is 4.90 Å². The van der Waals surface area contributed by atoms with E-state index in [1.165, 1.54) is 0 Å². The third-order valence-corrected chi connectivity index (χ3v) is 3.70. The van der Waals surface area contributed by atoms with Crippen LogP contribution in [0.5, 0.6) is 0 Å². The maximum Gasteiger partial charge on any atom is 0.253 e. The van der Waals surface area contributed by atoms with Gasteiger partial charge in [0.2, 0.25) is 0 Å². The lowest BCUT2D eigenvalue weighted by molar-refractivity contribution is 0.0128. The predicted octanol–water partition coefficient (Wildman–Crippen LogP) is 3.66. The second-order valence-corrected chi connectivity index (χ2v) is 6.51. The van der Waals surface area contributed by atoms with Crippen molar-refractivity contribution in [3.63, 3.8) is 0 Å².